The molecule has 0 bridgehead atoms. The molecule has 1 unspecified atom stereocenters. The van der Waals surface area contributed by atoms with Crippen LogP contribution in [0.3, 0.4) is 0 Å². The fourth-order valence-corrected chi connectivity index (χ4v) is 5.62. The Hall–Kier alpha value is -2.66. The second-order valence-electron chi connectivity index (χ2n) is 10.1. The zero-order valence-corrected chi connectivity index (χ0v) is 21.4. The fourth-order valence-electron chi connectivity index (χ4n) is 3.69. The van der Waals surface area contributed by atoms with Gasteiger partial charge in [0.1, 0.15) is 17.2 Å². The third kappa shape index (κ3) is 8.21. The van der Waals surface area contributed by atoms with Gasteiger partial charge in [0.15, 0.2) is 21.5 Å². The monoisotopic (exact) mass is 509 g/mol. The van der Waals surface area contributed by atoms with Crippen LogP contribution in [0.1, 0.15) is 65.4 Å². The van der Waals surface area contributed by atoms with Gasteiger partial charge in [-0.05, 0) is 58.1 Å². The van der Waals surface area contributed by atoms with Crippen molar-refractivity contribution in [2.45, 2.75) is 77.2 Å². The van der Waals surface area contributed by atoms with Crippen molar-refractivity contribution < 1.29 is 32.3 Å². The Labute approximate surface area is 205 Å². The number of aliphatic hydroxyl groups excluding tert-OH is 1. The second-order valence-corrected chi connectivity index (χ2v) is 12.2. The van der Waals surface area contributed by atoms with Crippen molar-refractivity contribution in [3.63, 3.8) is 0 Å². The summed E-state index contributed by atoms with van der Waals surface area (Å²) >= 11 is 0. The van der Waals surface area contributed by atoms with Crippen molar-refractivity contribution in [2.24, 2.45) is 5.92 Å². The van der Waals surface area contributed by atoms with Crippen LogP contribution in [0.25, 0.3) is 11.1 Å². The summed E-state index contributed by atoms with van der Waals surface area (Å²) in [5.41, 5.74) is 0.240. The van der Waals surface area contributed by atoms with Gasteiger partial charge in [-0.3, -0.25) is 4.79 Å². The molecular formula is C24H35N3O7S. The van der Waals surface area contributed by atoms with Gasteiger partial charge in [-0.25, -0.2) is 18.2 Å². The van der Waals surface area contributed by atoms with Crippen LogP contribution in [-0.2, 0) is 19.4 Å². The van der Waals surface area contributed by atoms with Crippen LogP contribution in [0.5, 0.6) is 0 Å². The van der Waals surface area contributed by atoms with E-state index in [-0.39, 0.29) is 17.6 Å². The molecule has 1 aromatic carbocycles. The number of amides is 2. The molecule has 0 radical (unpaired) electrons. The van der Waals surface area contributed by atoms with Crippen molar-refractivity contribution in [1.29, 1.82) is 0 Å². The van der Waals surface area contributed by atoms with Gasteiger partial charge in [-0.1, -0.05) is 25.5 Å². The quantitative estimate of drug-likeness (QED) is 0.419. The number of sulfone groups is 1. The SMILES string of the molecule is CCC[C@@H](NC(=O)C(CS(=O)(=O)CC1CC1)NC(=O)OC(C)(C)C)[C@H](O)c1nc2ccccc2o1. The molecule has 1 aliphatic rings. The topological polar surface area (TPSA) is 148 Å². The number of aliphatic hydroxyl groups is 1. The first-order valence-corrected chi connectivity index (χ1v) is 13.7. The number of rotatable bonds is 11. The van der Waals surface area contributed by atoms with Crippen LogP contribution in [0.2, 0.25) is 0 Å². The molecule has 35 heavy (non-hydrogen) atoms. The summed E-state index contributed by atoms with van der Waals surface area (Å²) in [6, 6.07) is 4.84. The highest BCUT2D eigenvalue weighted by molar-refractivity contribution is 7.91. The van der Waals surface area contributed by atoms with E-state index >= 15 is 0 Å². The third-order valence-corrected chi connectivity index (χ3v) is 7.31. The Kier molecular flexibility index (Phi) is 8.42. The molecule has 1 heterocycles. The number of alkyl carbamates (subject to hydrolysis) is 1. The molecule has 1 fully saturated rings. The normalized spacial score (nSPS) is 16.9. The van der Waals surface area contributed by atoms with Gasteiger partial charge in [0.2, 0.25) is 11.8 Å². The number of fused-ring (bicyclic) bond motifs is 1. The minimum absolute atomic E-state index is 0.0311. The van der Waals surface area contributed by atoms with Gasteiger partial charge in [0.05, 0.1) is 17.5 Å². The minimum atomic E-state index is -3.61. The molecule has 3 rings (SSSR count). The predicted octanol–water partition coefficient (Wildman–Crippen LogP) is 2.86. The Morgan fingerprint density at radius 3 is 2.51 bits per heavy atom. The standard InChI is InChI=1S/C24H35N3O7S/c1-5-8-17(20(28)22-26-16-9-6-7-10-19(16)33-22)25-21(29)18(27-23(30)34-24(2,3)4)14-35(31,32)13-15-11-12-15/h6-7,9-10,15,17-18,20,28H,5,8,11-14H2,1-4H3,(H,25,29)(H,27,30)/t17-,18?,20+/m1/s1. The number of benzene rings is 1. The van der Waals surface area contributed by atoms with E-state index in [4.69, 9.17) is 9.15 Å². The number of hydrogen-bond acceptors (Lipinski definition) is 8. The van der Waals surface area contributed by atoms with Crippen LogP contribution in [0, 0.1) is 5.92 Å². The van der Waals surface area contributed by atoms with E-state index in [9.17, 15) is 23.1 Å². The number of ether oxygens (including phenoxy) is 1. The van der Waals surface area contributed by atoms with Crippen molar-refractivity contribution in [1.82, 2.24) is 15.6 Å². The number of aromatic nitrogens is 1. The maximum absolute atomic E-state index is 13.2. The summed E-state index contributed by atoms with van der Waals surface area (Å²) < 4.78 is 36.2. The summed E-state index contributed by atoms with van der Waals surface area (Å²) in [5, 5.41) is 16.0. The van der Waals surface area contributed by atoms with Crippen LogP contribution >= 0.6 is 0 Å². The molecule has 0 saturated heterocycles. The highest BCUT2D eigenvalue weighted by Crippen LogP contribution is 2.30. The van der Waals surface area contributed by atoms with Crippen LogP contribution in [0.4, 0.5) is 4.79 Å². The summed E-state index contributed by atoms with van der Waals surface area (Å²) in [7, 11) is -3.61. The van der Waals surface area contributed by atoms with Crippen molar-refractivity contribution in [3.05, 3.63) is 30.2 Å². The minimum Gasteiger partial charge on any atom is -0.444 e. The summed E-state index contributed by atoms with van der Waals surface area (Å²) in [6.07, 6.45) is 0.504. The Balaban J connectivity index is 1.77. The molecule has 0 aliphatic heterocycles. The number of hydrogen-bond donors (Lipinski definition) is 3. The van der Waals surface area contributed by atoms with Gasteiger partial charge >= 0.3 is 6.09 Å². The average Bonchev–Trinajstić information content (AvgIpc) is 3.43. The third-order valence-electron chi connectivity index (χ3n) is 5.49. The lowest BCUT2D eigenvalue weighted by Gasteiger charge is -2.26. The van der Waals surface area contributed by atoms with Crippen molar-refractivity contribution in [2.75, 3.05) is 11.5 Å². The van der Waals surface area contributed by atoms with Gasteiger partial charge in [-0.2, -0.15) is 0 Å². The van der Waals surface area contributed by atoms with E-state index in [1.54, 1.807) is 45.0 Å². The number of nitrogens with one attached hydrogen (secondary N) is 2. The molecular weight excluding hydrogens is 474 g/mol. The van der Waals surface area contributed by atoms with E-state index in [1.807, 2.05) is 6.92 Å². The molecule has 2 aromatic rings. The van der Waals surface area contributed by atoms with E-state index in [0.717, 1.165) is 12.8 Å². The number of nitrogens with zero attached hydrogens (tertiary/aromatic N) is 1. The maximum Gasteiger partial charge on any atom is 0.408 e. The van der Waals surface area contributed by atoms with Crippen LogP contribution in [0.15, 0.2) is 28.7 Å². The van der Waals surface area contributed by atoms with Crippen LogP contribution in [-0.4, -0.2) is 59.7 Å². The van der Waals surface area contributed by atoms with Gasteiger partial charge in [-0.15, -0.1) is 0 Å². The molecule has 2 amide bonds. The molecule has 1 aromatic heterocycles. The predicted molar refractivity (Wildman–Crippen MR) is 130 cm³/mol. The molecule has 3 N–H and O–H groups in total. The lowest BCUT2D eigenvalue weighted by atomic mass is 10.0. The van der Waals surface area contributed by atoms with Gasteiger partial charge in [0, 0.05) is 0 Å². The number of carbonyl (C=O) groups excluding carboxylic acids is 2. The number of carbonyl (C=O) groups is 2. The Bertz CT molecular complexity index is 1100. The molecule has 10 nitrogen and oxygen atoms in total. The first kappa shape index (κ1) is 26.9. The van der Waals surface area contributed by atoms with Crippen molar-refractivity contribution >= 4 is 32.9 Å². The Morgan fingerprint density at radius 1 is 1.23 bits per heavy atom. The maximum atomic E-state index is 13.2. The van der Waals surface area contributed by atoms with Crippen molar-refractivity contribution in [3.8, 4) is 0 Å². The molecule has 3 atom stereocenters. The van der Waals surface area contributed by atoms with Gasteiger partial charge < -0.3 is 24.9 Å². The zero-order chi connectivity index (χ0) is 25.8. The number of para-hydroxylation sites is 2. The molecule has 194 valence electrons. The molecule has 11 heteroatoms. The number of oxazole rings is 1. The summed E-state index contributed by atoms with van der Waals surface area (Å²) in [5.74, 6) is -1.19. The molecule has 0 spiro atoms. The fraction of sp³-hybridized carbons (Fsp3) is 0.625. The average molecular weight is 510 g/mol. The van der Waals surface area contributed by atoms with E-state index < -0.39 is 51.4 Å². The second kappa shape index (κ2) is 10.9. The summed E-state index contributed by atoms with van der Waals surface area (Å²) in [6.45, 7) is 6.88. The Morgan fingerprint density at radius 2 is 1.91 bits per heavy atom. The molecule has 1 saturated carbocycles. The van der Waals surface area contributed by atoms with Crippen LogP contribution < -0.4 is 10.6 Å². The molecule has 1 aliphatic carbocycles. The summed E-state index contributed by atoms with van der Waals surface area (Å²) in [4.78, 5) is 29.9. The first-order chi connectivity index (χ1) is 16.4. The lowest BCUT2D eigenvalue weighted by Crippen LogP contribution is -2.54. The highest BCUT2D eigenvalue weighted by atomic mass is 32.2. The van der Waals surface area contributed by atoms with E-state index in [1.165, 1.54) is 0 Å². The first-order valence-electron chi connectivity index (χ1n) is 11.9. The lowest BCUT2D eigenvalue weighted by molar-refractivity contribution is -0.124. The highest BCUT2D eigenvalue weighted by Gasteiger charge is 2.35. The zero-order valence-electron chi connectivity index (χ0n) is 20.6. The largest absolute Gasteiger partial charge is 0.444 e. The smallest absolute Gasteiger partial charge is 0.408 e. The van der Waals surface area contributed by atoms with E-state index in [0.29, 0.717) is 23.9 Å². The van der Waals surface area contributed by atoms with E-state index in [2.05, 4.69) is 15.6 Å². The van der Waals surface area contributed by atoms with Gasteiger partial charge in [0.25, 0.3) is 0 Å².